The molecule has 1 aromatic carbocycles. The van der Waals surface area contributed by atoms with E-state index in [0.717, 1.165) is 17.1 Å². The van der Waals surface area contributed by atoms with E-state index in [1.54, 1.807) is 13.3 Å². The monoisotopic (exact) mass is 272 g/mol. The molecule has 0 spiro atoms. The Morgan fingerprint density at radius 2 is 2.05 bits per heavy atom. The number of ether oxygens (including phenoxy) is 2. The van der Waals surface area contributed by atoms with Crippen LogP contribution in [0.25, 0.3) is 0 Å². The third-order valence-electron chi connectivity index (χ3n) is 2.87. The number of nitrogens with one attached hydrogen (secondary N) is 1. The van der Waals surface area contributed by atoms with Gasteiger partial charge in [0.2, 0.25) is 0 Å². The molecule has 0 aliphatic carbocycles. The Kier molecular flexibility index (Phi) is 5.38. The molecule has 0 aliphatic heterocycles. The van der Waals surface area contributed by atoms with E-state index in [9.17, 15) is 0 Å². The van der Waals surface area contributed by atoms with Crippen LogP contribution in [0.15, 0.2) is 42.6 Å². The number of methoxy groups -OCH3 is 1. The van der Waals surface area contributed by atoms with Crippen LogP contribution in [0.1, 0.15) is 11.3 Å². The first-order valence-electron chi connectivity index (χ1n) is 6.66. The van der Waals surface area contributed by atoms with Gasteiger partial charge < -0.3 is 14.8 Å². The lowest BCUT2D eigenvalue weighted by Gasteiger charge is -2.13. The zero-order chi connectivity index (χ0) is 14.2. The second kappa shape index (κ2) is 7.50. The predicted molar refractivity (Wildman–Crippen MR) is 80.1 cm³/mol. The summed E-state index contributed by atoms with van der Waals surface area (Å²) >= 11 is 0. The fourth-order valence-corrected chi connectivity index (χ4v) is 1.82. The lowest BCUT2D eigenvalue weighted by Crippen LogP contribution is -2.08. The lowest BCUT2D eigenvalue weighted by molar-refractivity contribution is 0.146. The van der Waals surface area contributed by atoms with Crippen molar-refractivity contribution in [2.24, 2.45) is 0 Å². The number of aromatic nitrogens is 1. The normalized spacial score (nSPS) is 10.3. The molecule has 4 nitrogen and oxygen atoms in total. The standard InChI is InChI=1S/C16H20N2O2/c1-13-6-7-15(16(11-13)20-10-9-19-2)18-12-14-5-3-4-8-17-14/h3-8,11,18H,9-10,12H2,1-2H3. The van der Waals surface area contributed by atoms with E-state index >= 15 is 0 Å². The van der Waals surface area contributed by atoms with Gasteiger partial charge in [-0.15, -0.1) is 0 Å². The molecule has 2 aromatic rings. The van der Waals surface area contributed by atoms with Crippen molar-refractivity contribution in [1.29, 1.82) is 0 Å². The highest BCUT2D eigenvalue weighted by molar-refractivity contribution is 5.57. The van der Waals surface area contributed by atoms with Crippen LogP contribution >= 0.6 is 0 Å². The molecular weight excluding hydrogens is 252 g/mol. The average Bonchev–Trinajstić information content (AvgIpc) is 2.48. The van der Waals surface area contributed by atoms with Crippen LogP contribution in [0, 0.1) is 6.92 Å². The minimum absolute atomic E-state index is 0.540. The molecule has 4 heteroatoms. The Hall–Kier alpha value is -2.07. The van der Waals surface area contributed by atoms with Gasteiger partial charge in [-0.25, -0.2) is 0 Å². The van der Waals surface area contributed by atoms with Crippen molar-refractivity contribution in [2.75, 3.05) is 25.6 Å². The van der Waals surface area contributed by atoms with Gasteiger partial charge in [0.1, 0.15) is 12.4 Å². The molecule has 0 unspecified atom stereocenters. The van der Waals surface area contributed by atoms with Gasteiger partial charge in [0, 0.05) is 13.3 Å². The Bertz CT molecular complexity index is 529. The zero-order valence-corrected chi connectivity index (χ0v) is 11.9. The molecule has 1 aromatic heterocycles. The van der Waals surface area contributed by atoms with E-state index in [2.05, 4.69) is 16.4 Å². The molecule has 0 bridgehead atoms. The molecule has 2 rings (SSSR count). The SMILES string of the molecule is COCCOc1cc(C)ccc1NCc1ccccn1. The molecule has 0 fully saturated rings. The number of hydrogen-bond donors (Lipinski definition) is 1. The molecule has 1 heterocycles. The molecule has 0 saturated carbocycles. The summed E-state index contributed by atoms with van der Waals surface area (Å²) in [7, 11) is 1.67. The summed E-state index contributed by atoms with van der Waals surface area (Å²) in [5.41, 5.74) is 3.13. The summed E-state index contributed by atoms with van der Waals surface area (Å²) in [6, 6.07) is 12.0. The van der Waals surface area contributed by atoms with Crippen molar-refractivity contribution in [3.8, 4) is 5.75 Å². The van der Waals surface area contributed by atoms with Gasteiger partial charge in [0.25, 0.3) is 0 Å². The Morgan fingerprint density at radius 1 is 1.15 bits per heavy atom. The van der Waals surface area contributed by atoms with Gasteiger partial charge in [0.15, 0.2) is 0 Å². The minimum atomic E-state index is 0.540. The second-order valence-corrected chi connectivity index (χ2v) is 4.52. The number of nitrogens with zero attached hydrogens (tertiary/aromatic N) is 1. The van der Waals surface area contributed by atoms with Gasteiger partial charge in [-0.1, -0.05) is 12.1 Å². The first kappa shape index (κ1) is 14.3. The number of benzene rings is 1. The van der Waals surface area contributed by atoms with E-state index < -0.39 is 0 Å². The van der Waals surface area contributed by atoms with E-state index in [1.165, 1.54) is 5.56 Å². The third kappa shape index (κ3) is 4.24. The summed E-state index contributed by atoms with van der Waals surface area (Å²) in [4.78, 5) is 4.29. The van der Waals surface area contributed by atoms with Gasteiger partial charge in [0.05, 0.1) is 24.5 Å². The highest BCUT2D eigenvalue weighted by Gasteiger charge is 2.04. The van der Waals surface area contributed by atoms with E-state index in [1.807, 2.05) is 37.3 Å². The van der Waals surface area contributed by atoms with Crippen molar-refractivity contribution in [3.05, 3.63) is 53.9 Å². The predicted octanol–water partition coefficient (Wildman–Crippen LogP) is 3.03. The maximum atomic E-state index is 5.74. The number of anilines is 1. The maximum Gasteiger partial charge on any atom is 0.142 e. The molecule has 0 atom stereocenters. The van der Waals surface area contributed by atoms with Gasteiger partial charge in [-0.3, -0.25) is 4.98 Å². The summed E-state index contributed by atoms with van der Waals surface area (Å²) in [5, 5.41) is 3.36. The fourth-order valence-electron chi connectivity index (χ4n) is 1.82. The highest BCUT2D eigenvalue weighted by Crippen LogP contribution is 2.26. The summed E-state index contributed by atoms with van der Waals surface area (Å²) in [6.07, 6.45) is 1.79. The molecule has 0 aliphatic rings. The second-order valence-electron chi connectivity index (χ2n) is 4.52. The van der Waals surface area contributed by atoms with Crippen LogP contribution in [0.2, 0.25) is 0 Å². The Labute approximate surface area is 119 Å². The number of hydrogen-bond acceptors (Lipinski definition) is 4. The van der Waals surface area contributed by atoms with Crippen molar-refractivity contribution < 1.29 is 9.47 Å². The van der Waals surface area contributed by atoms with Gasteiger partial charge in [-0.2, -0.15) is 0 Å². The first-order valence-corrected chi connectivity index (χ1v) is 6.66. The summed E-state index contributed by atoms with van der Waals surface area (Å²) in [6.45, 7) is 3.84. The largest absolute Gasteiger partial charge is 0.489 e. The quantitative estimate of drug-likeness (QED) is 0.787. The van der Waals surface area contributed by atoms with Crippen LogP contribution in [-0.2, 0) is 11.3 Å². The molecule has 1 N–H and O–H groups in total. The molecular formula is C16H20N2O2. The van der Waals surface area contributed by atoms with E-state index in [-0.39, 0.29) is 0 Å². The van der Waals surface area contributed by atoms with Crippen LogP contribution < -0.4 is 10.1 Å². The number of rotatable bonds is 7. The van der Waals surface area contributed by atoms with Crippen LogP contribution in [0.3, 0.4) is 0 Å². The average molecular weight is 272 g/mol. The number of aryl methyl sites for hydroxylation is 1. The molecule has 106 valence electrons. The van der Waals surface area contributed by atoms with Crippen LogP contribution in [-0.4, -0.2) is 25.3 Å². The molecule has 20 heavy (non-hydrogen) atoms. The third-order valence-corrected chi connectivity index (χ3v) is 2.87. The summed E-state index contributed by atoms with van der Waals surface area (Å²) in [5.74, 6) is 0.845. The van der Waals surface area contributed by atoms with Gasteiger partial charge >= 0.3 is 0 Å². The van der Waals surface area contributed by atoms with Gasteiger partial charge in [-0.05, 0) is 36.8 Å². The van der Waals surface area contributed by atoms with E-state index in [0.29, 0.717) is 19.8 Å². The van der Waals surface area contributed by atoms with E-state index in [4.69, 9.17) is 9.47 Å². The fraction of sp³-hybridized carbons (Fsp3) is 0.312. The van der Waals surface area contributed by atoms with Crippen molar-refractivity contribution in [1.82, 2.24) is 4.98 Å². The summed E-state index contributed by atoms with van der Waals surface area (Å²) < 4.78 is 10.7. The molecule has 0 radical (unpaired) electrons. The smallest absolute Gasteiger partial charge is 0.142 e. The minimum Gasteiger partial charge on any atom is -0.489 e. The van der Waals surface area contributed by atoms with Crippen LogP contribution in [0.4, 0.5) is 5.69 Å². The molecule has 0 saturated heterocycles. The topological polar surface area (TPSA) is 43.4 Å². The van der Waals surface area contributed by atoms with Crippen molar-refractivity contribution in [2.45, 2.75) is 13.5 Å². The Balaban J connectivity index is 2.02. The number of pyridine rings is 1. The van der Waals surface area contributed by atoms with Crippen molar-refractivity contribution >= 4 is 5.69 Å². The zero-order valence-electron chi connectivity index (χ0n) is 11.9. The first-order chi connectivity index (χ1) is 9.79. The van der Waals surface area contributed by atoms with Crippen molar-refractivity contribution in [3.63, 3.8) is 0 Å². The molecule has 0 amide bonds. The van der Waals surface area contributed by atoms with Crippen LogP contribution in [0.5, 0.6) is 5.75 Å². The maximum absolute atomic E-state index is 5.74. The lowest BCUT2D eigenvalue weighted by atomic mass is 10.2. The Morgan fingerprint density at radius 3 is 2.80 bits per heavy atom. The highest BCUT2D eigenvalue weighted by atomic mass is 16.5.